The van der Waals surface area contributed by atoms with Gasteiger partial charge in [-0.25, -0.2) is 4.39 Å². The average Bonchev–Trinajstić information content (AvgIpc) is 2.44. The highest BCUT2D eigenvalue weighted by molar-refractivity contribution is 5.20. The molecule has 0 aliphatic rings. The van der Waals surface area contributed by atoms with Gasteiger partial charge in [-0.1, -0.05) is 30.3 Å². The van der Waals surface area contributed by atoms with Gasteiger partial charge in [0.2, 0.25) is 0 Å². The summed E-state index contributed by atoms with van der Waals surface area (Å²) in [5.74, 6) is 0.708. The van der Waals surface area contributed by atoms with Crippen molar-refractivity contribution in [3.63, 3.8) is 0 Å². The Hall–Kier alpha value is -1.87. The largest absolute Gasteiger partial charge is 0.494 e. The summed E-state index contributed by atoms with van der Waals surface area (Å²) in [7, 11) is 0. The smallest absolute Gasteiger partial charge is 0.123 e. The van der Waals surface area contributed by atoms with Crippen LogP contribution in [0.3, 0.4) is 0 Å². The molecule has 3 heteroatoms. The van der Waals surface area contributed by atoms with Gasteiger partial charge in [0, 0.05) is 6.54 Å². The summed E-state index contributed by atoms with van der Waals surface area (Å²) in [6.45, 7) is 2.21. The lowest BCUT2D eigenvalue weighted by atomic mass is 10.2. The molecule has 2 nitrogen and oxygen atoms in total. The van der Waals surface area contributed by atoms with Gasteiger partial charge in [-0.3, -0.25) is 0 Å². The predicted octanol–water partition coefficient (Wildman–Crippen LogP) is 3.38. The second kappa shape index (κ2) is 7.54. The highest BCUT2D eigenvalue weighted by atomic mass is 19.1. The Labute approximate surface area is 113 Å². The lowest BCUT2D eigenvalue weighted by molar-refractivity contribution is 0.308. The number of ether oxygens (including phenoxy) is 1. The molecule has 0 spiro atoms. The molecule has 0 unspecified atom stereocenters. The molecule has 0 heterocycles. The lowest BCUT2D eigenvalue weighted by Gasteiger charge is -2.07. The van der Waals surface area contributed by atoms with Gasteiger partial charge in [-0.2, -0.15) is 0 Å². The van der Waals surface area contributed by atoms with Gasteiger partial charge >= 0.3 is 0 Å². The maximum absolute atomic E-state index is 12.9. The van der Waals surface area contributed by atoms with E-state index in [-0.39, 0.29) is 5.82 Å². The van der Waals surface area contributed by atoms with Crippen molar-refractivity contribution in [1.82, 2.24) is 5.32 Å². The number of halogens is 1. The Kier molecular flexibility index (Phi) is 5.38. The third kappa shape index (κ3) is 5.10. The first-order valence-electron chi connectivity index (χ1n) is 6.47. The molecule has 100 valence electrons. The van der Waals surface area contributed by atoms with E-state index in [4.69, 9.17) is 4.74 Å². The molecule has 0 aliphatic heterocycles. The van der Waals surface area contributed by atoms with Crippen molar-refractivity contribution in [1.29, 1.82) is 0 Å². The molecule has 0 atom stereocenters. The molecule has 0 fully saturated rings. The Morgan fingerprint density at radius 2 is 1.84 bits per heavy atom. The summed E-state index contributed by atoms with van der Waals surface area (Å²) < 4.78 is 18.5. The van der Waals surface area contributed by atoms with Crippen molar-refractivity contribution in [3.8, 4) is 5.75 Å². The topological polar surface area (TPSA) is 21.3 Å². The molecule has 0 radical (unpaired) electrons. The van der Waals surface area contributed by atoms with E-state index in [0.29, 0.717) is 13.2 Å². The van der Waals surface area contributed by atoms with Crippen LogP contribution in [0.5, 0.6) is 5.75 Å². The minimum Gasteiger partial charge on any atom is -0.494 e. The van der Waals surface area contributed by atoms with Gasteiger partial charge in [0.15, 0.2) is 0 Å². The number of rotatable bonds is 7. The molecule has 2 aromatic carbocycles. The van der Waals surface area contributed by atoms with Crippen LogP contribution in [-0.4, -0.2) is 13.2 Å². The first-order chi connectivity index (χ1) is 9.34. The van der Waals surface area contributed by atoms with E-state index in [1.165, 1.54) is 6.07 Å². The Morgan fingerprint density at radius 3 is 2.63 bits per heavy atom. The van der Waals surface area contributed by atoms with Gasteiger partial charge in [-0.15, -0.1) is 0 Å². The van der Waals surface area contributed by atoms with Gasteiger partial charge in [0.25, 0.3) is 0 Å². The highest BCUT2D eigenvalue weighted by Gasteiger charge is 1.95. The van der Waals surface area contributed by atoms with Gasteiger partial charge in [0.1, 0.15) is 11.6 Å². The summed E-state index contributed by atoms with van der Waals surface area (Å²) in [6, 6.07) is 16.4. The summed E-state index contributed by atoms with van der Waals surface area (Å²) in [4.78, 5) is 0. The van der Waals surface area contributed by atoms with Crippen LogP contribution in [0.1, 0.15) is 12.0 Å². The van der Waals surface area contributed by atoms with Crippen LogP contribution in [0.2, 0.25) is 0 Å². The van der Waals surface area contributed by atoms with E-state index in [1.807, 2.05) is 36.4 Å². The molecule has 0 saturated heterocycles. The van der Waals surface area contributed by atoms with Crippen molar-refractivity contribution in [2.45, 2.75) is 13.0 Å². The van der Waals surface area contributed by atoms with Crippen molar-refractivity contribution < 1.29 is 9.13 Å². The molecule has 0 amide bonds. The molecule has 2 aromatic rings. The standard InChI is InChI=1S/C16H18FNO/c17-15-7-4-6-14(12-15)13-18-10-5-11-19-16-8-2-1-3-9-16/h1-4,6-9,12,18H,5,10-11,13H2. The minimum absolute atomic E-state index is 0.188. The first kappa shape index (κ1) is 13.6. The number of hydrogen-bond donors (Lipinski definition) is 1. The quantitative estimate of drug-likeness (QED) is 0.770. The zero-order valence-corrected chi connectivity index (χ0v) is 10.8. The van der Waals surface area contributed by atoms with Crippen LogP contribution in [0.4, 0.5) is 4.39 Å². The van der Waals surface area contributed by atoms with E-state index < -0.39 is 0 Å². The molecular formula is C16H18FNO. The van der Waals surface area contributed by atoms with Gasteiger partial charge in [-0.05, 0) is 42.8 Å². The monoisotopic (exact) mass is 259 g/mol. The van der Waals surface area contributed by atoms with Crippen LogP contribution >= 0.6 is 0 Å². The normalized spacial score (nSPS) is 10.4. The van der Waals surface area contributed by atoms with E-state index in [0.717, 1.165) is 24.3 Å². The lowest BCUT2D eigenvalue weighted by Crippen LogP contribution is -2.17. The van der Waals surface area contributed by atoms with E-state index in [1.54, 1.807) is 12.1 Å². The summed E-state index contributed by atoms with van der Waals surface area (Å²) in [6.07, 6.45) is 0.921. The average molecular weight is 259 g/mol. The predicted molar refractivity (Wildman–Crippen MR) is 74.7 cm³/mol. The number of nitrogens with one attached hydrogen (secondary N) is 1. The Morgan fingerprint density at radius 1 is 1.00 bits per heavy atom. The van der Waals surface area contributed by atoms with Gasteiger partial charge in [0.05, 0.1) is 6.61 Å². The highest BCUT2D eigenvalue weighted by Crippen LogP contribution is 2.08. The van der Waals surface area contributed by atoms with Crippen molar-refractivity contribution in [2.24, 2.45) is 0 Å². The van der Waals surface area contributed by atoms with E-state index in [2.05, 4.69) is 5.32 Å². The fraction of sp³-hybridized carbons (Fsp3) is 0.250. The molecule has 0 aromatic heterocycles. The third-order valence-electron chi connectivity index (χ3n) is 2.73. The summed E-state index contributed by atoms with van der Waals surface area (Å²) >= 11 is 0. The molecular weight excluding hydrogens is 241 g/mol. The zero-order valence-electron chi connectivity index (χ0n) is 10.8. The number of para-hydroxylation sites is 1. The second-order valence-electron chi connectivity index (χ2n) is 4.32. The summed E-state index contributed by atoms with van der Waals surface area (Å²) in [5, 5.41) is 3.27. The SMILES string of the molecule is Fc1cccc(CNCCCOc2ccccc2)c1. The first-order valence-corrected chi connectivity index (χ1v) is 6.47. The fourth-order valence-corrected chi connectivity index (χ4v) is 1.78. The van der Waals surface area contributed by atoms with Crippen LogP contribution < -0.4 is 10.1 Å². The maximum Gasteiger partial charge on any atom is 0.123 e. The van der Waals surface area contributed by atoms with Crippen LogP contribution in [-0.2, 0) is 6.54 Å². The number of hydrogen-bond acceptors (Lipinski definition) is 2. The third-order valence-corrected chi connectivity index (χ3v) is 2.73. The van der Waals surface area contributed by atoms with Crippen molar-refractivity contribution in [2.75, 3.05) is 13.2 Å². The Bertz CT molecular complexity index is 487. The maximum atomic E-state index is 12.9. The molecule has 0 aliphatic carbocycles. The number of benzene rings is 2. The molecule has 19 heavy (non-hydrogen) atoms. The Balaban J connectivity index is 1.58. The second-order valence-corrected chi connectivity index (χ2v) is 4.32. The molecule has 2 rings (SSSR count). The fourth-order valence-electron chi connectivity index (χ4n) is 1.78. The van der Waals surface area contributed by atoms with Crippen molar-refractivity contribution >= 4 is 0 Å². The molecule has 1 N–H and O–H groups in total. The van der Waals surface area contributed by atoms with Gasteiger partial charge < -0.3 is 10.1 Å². The van der Waals surface area contributed by atoms with Crippen LogP contribution in [0.25, 0.3) is 0 Å². The van der Waals surface area contributed by atoms with E-state index in [9.17, 15) is 4.39 Å². The zero-order chi connectivity index (χ0) is 13.3. The minimum atomic E-state index is -0.188. The van der Waals surface area contributed by atoms with Crippen LogP contribution in [0.15, 0.2) is 54.6 Å². The van der Waals surface area contributed by atoms with Crippen LogP contribution in [0, 0.1) is 5.82 Å². The summed E-state index contributed by atoms with van der Waals surface area (Å²) in [5.41, 5.74) is 0.962. The molecule has 0 saturated carbocycles. The molecule has 0 bridgehead atoms. The van der Waals surface area contributed by atoms with Crippen molar-refractivity contribution in [3.05, 3.63) is 66.0 Å². The van der Waals surface area contributed by atoms with E-state index >= 15 is 0 Å².